The van der Waals surface area contributed by atoms with Gasteiger partial charge in [-0.05, 0) is 76.4 Å². The molecule has 0 spiro atoms. The average Bonchev–Trinajstić information content (AvgIpc) is 3.67. The van der Waals surface area contributed by atoms with Crippen LogP contribution < -0.4 is 16.0 Å². The number of hydrogen-bond acceptors (Lipinski definition) is 7. The predicted molar refractivity (Wildman–Crippen MR) is 143 cm³/mol. The summed E-state index contributed by atoms with van der Waals surface area (Å²) in [7, 11) is 5.81. The van der Waals surface area contributed by atoms with Gasteiger partial charge in [0.2, 0.25) is 11.9 Å². The standard InChI is InChI=1S/C27H39N7O2/c1-33(2)16-17-34(3)26(36)21-10-12-22(13-11-21)31-27-30-18-23(19-8-9-19)24(32-27)28-14-5-15-29-25(35)20-6-4-7-20/h10-13,18-20H,4-9,14-17H2,1-3H3,(H,29,35)(H2,28,30,31,32). The minimum absolute atomic E-state index is 0.00352. The van der Waals surface area contributed by atoms with Crippen LogP contribution in [0.25, 0.3) is 0 Å². The summed E-state index contributed by atoms with van der Waals surface area (Å²) in [4.78, 5) is 37.7. The summed E-state index contributed by atoms with van der Waals surface area (Å²) in [6.45, 7) is 2.91. The number of amides is 2. The molecule has 2 saturated carbocycles. The van der Waals surface area contributed by atoms with E-state index in [4.69, 9.17) is 4.98 Å². The molecule has 0 unspecified atom stereocenters. The number of benzene rings is 1. The topological polar surface area (TPSA) is 102 Å². The van der Waals surface area contributed by atoms with E-state index in [0.29, 0.717) is 30.5 Å². The zero-order chi connectivity index (χ0) is 25.5. The third kappa shape index (κ3) is 7.16. The lowest BCUT2D eigenvalue weighted by Gasteiger charge is -2.24. The van der Waals surface area contributed by atoms with Gasteiger partial charge in [-0.25, -0.2) is 4.98 Å². The second kappa shape index (κ2) is 12.2. The van der Waals surface area contributed by atoms with E-state index in [1.807, 2.05) is 51.6 Å². The number of carbonyl (C=O) groups is 2. The van der Waals surface area contributed by atoms with Crippen LogP contribution in [0.5, 0.6) is 0 Å². The maximum Gasteiger partial charge on any atom is 0.253 e. The van der Waals surface area contributed by atoms with Crippen molar-refractivity contribution in [1.82, 2.24) is 25.1 Å². The van der Waals surface area contributed by atoms with Gasteiger partial charge in [0.15, 0.2) is 0 Å². The van der Waals surface area contributed by atoms with Crippen LogP contribution in [-0.2, 0) is 4.79 Å². The fraction of sp³-hybridized carbons (Fsp3) is 0.556. The lowest BCUT2D eigenvalue weighted by atomic mass is 9.85. The minimum Gasteiger partial charge on any atom is -0.370 e. The van der Waals surface area contributed by atoms with Gasteiger partial charge < -0.3 is 25.8 Å². The van der Waals surface area contributed by atoms with Gasteiger partial charge >= 0.3 is 0 Å². The van der Waals surface area contributed by atoms with E-state index in [-0.39, 0.29) is 17.7 Å². The summed E-state index contributed by atoms with van der Waals surface area (Å²) < 4.78 is 0. The van der Waals surface area contributed by atoms with Gasteiger partial charge in [0.25, 0.3) is 5.91 Å². The maximum absolute atomic E-state index is 12.6. The summed E-state index contributed by atoms with van der Waals surface area (Å²) in [5.74, 6) is 2.32. The van der Waals surface area contributed by atoms with Crippen LogP contribution in [0.4, 0.5) is 17.5 Å². The quantitative estimate of drug-likeness (QED) is 0.367. The smallest absolute Gasteiger partial charge is 0.253 e. The largest absolute Gasteiger partial charge is 0.370 e. The number of anilines is 3. The van der Waals surface area contributed by atoms with Gasteiger partial charge in [-0.2, -0.15) is 4.98 Å². The normalized spacial score (nSPS) is 15.3. The highest BCUT2D eigenvalue weighted by atomic mass is 16.2. The van der Waals surface area contributed by atoms with Crippen molar-refractivity contribution in [2.75, 3.05) is 58.0 Å². The summed E-state index contributed by atoms with van der Waals surface area (Å²) in [5.41, 5.74) is 2.63. The van der Waals surface area contributed by atoms with Crippen LogP contribution in [0.3, 0.4) is 0 Å². The second-order valence-electron chi connectivity index (χ2n) is 10.2. The maximum atomic E-state index is 12.6. The summed E-state index contributed by atoms with van der Waals surface area (Å²) >= 11 is 0. The molecule has 0 saturated heterocycles. The first-order valence-corrected chi connectivity index (χ1v) is 13.1. The second-order valence-corrected chi connectivity index (χ2v) is 10.2. The van der Waals surface area contributed by atoms with Crippen molar-refractivity contribution in [3.8, 4) is 0 Å². The Hall–Kier alpha value is -3.20. The van der Waals surface area contributed by atoms with Crippen molar-refractivity contribution in [2.24, 2.45) is 5.92 Å². The number of carbonyl (C=O) groups excluding carboxylic acids is 2. The molecule has 2 amide bonds. The van der Waals surface area contributed by atoms with E-state index >= 15 is 0 Å². The molecule has 0 bridgehead atoms. The van der Waals surface area contributed by atoms with Gasteiger partial charge in [-0.3, -0.25) is 9.59 Å². The Morgan fingerprint density at radius 3 is 2.39 bits per heavy atom. The molecule has 2 aliphatic carbocycles. The van der Waals surface area contributed by atoms with E-state index in [1.54, 1.807) is 4.90 Å². The zero-order valence-electron chi connectivity index (χ0n) is 21.7. The highest BCUT2D eigenvalue weighted by molar-refractivity contribution is 5.94. The number of hydrogen-bond donors (Lipinski definition) is 3. The van der Waals surface area contributed by atoms with E-state index < -0.39 is 0 Å². The third-order valence-electron chi connectivity index (χ3n) is 6.87. The Labute approximate surface area is 214 Å². The number of rotatable bonds is 13. The number of nitrogens with one attached hydrogen (secondary N) is 3. The monoisotopic (exact) mass is 493 g/mol. The van der Waals surface area contributed by atoms with Crippen molar-refractivity contribution in [3.63, 3.8) is 0 Å². The minimum atomic E-state index is 0.00352. The number of likely N-dealkylation sites (N-methyl/N-ethyl adjacent to an activating group) is 2. The molecule has 9 heteroatoms. The van der Waals surface area contributed by atoms with Crippen LogP contribution >= 0.6 is 0 Å². The molecule has 1 aromatic carbocycles. The fourth-order valence-corrected chi connectivity index (χ4v) is 4.10. The molecule has 2 fully saturated rings. The number of aromatic nitrogens is 2. The molecule has 9 nitrogen and oxygen atoms in total. The van der Waals surface area contributed by atoms with Gasteiger partial charge in [0, 0.05) is 62.2 Å². The highest BCUT2D eigenvalue weighted by Gasteiger charge is 2.28. The third-order valence-corrected chi connectivity index (χ3v) is 6.87. The lowest BCUT2D eigenvalue weighted by molar-refractivity contribution is -0.127. The van der Waals surface area contributed by atoms with E-state index in [2.05, 4.69) is 25.8 Å². The van der Waals surface area contributed by atoms with Crippen molar-refractivity contribution >= 4 is 29.3 Å². The number of nitrogens with zero attached hydrogens (tertiary/aromatic N) is 4. The van der Waals surface area contributed by atoms with Crippen LogP contribution in [0.15, 0.2) is 30.5 Å². The Morgan fingerprint density at radius 2 is 1.75 bits per heavy atom. The Balaban J connectivity index is 1.30. The van der Waals surface area contributed by atoms with Crippen LogP contribution in [0.1, 0.15) is 60.4 Å². The lowest BCUT2D eigenvalue weighted by Crippen LogP contribution is -2.35. The predicted octanol–water partition coefficient (Wildman–Crippen LogP) is 3.45. The van der Waals surface area contributed by atoms with Crippen LogP contribution in [0.2, 0.25) is 0 Å². The summed E-state index contributed by atoms with van der Waals surface area (Å²) in [6, 6.07) is 7.41. The molecule has 1 aromatic heterocycles. The van der Waals surface area contributed by atoms with E-state index in [1.165, 1.54) is 19.3 Å². The molecule has 1 heterocycles. The molecule has 2 aliphatic rings. The first-order chi connectivity index (χ1) is 17.4. The molecule has 3 N–H and O–H groups in total. The Morgan fingerprint density at radius 1 is 1.00 bits per heavy atom. The SMILES string of the molecule is CN(C)CCN(C)C(=O)c1ccc(Nc2ncc(C3CC3)c(NCCCNC(=O)C3CCC3)n2)cc1. The van der Waals surface area contributed by atoms with Crippen molar-refractivity contribution in [1.29, 1.82) is 0 Å². The molecular weight excluding hydrogens is 454 g/mol. The zero-order valence-corrected chi connectivity index (χ0v) is 21.7. The van der Waals surface area contributed by atoms with Crippen molar-refractivity contribution in [2.45, 2.75) is 44.4 Å². The molecule has 2 aromatic rings. The van der Waals surface area contributed by atoms with Crippen LogP contribution in [-0.4, -0.2) is 78.9 Å². The van der Waals surface area contributed by atoms with Crippen molar-refractivity contribution < 1.29 is 9.59 Å². The highest BCUT2D eigenvalue weighted by Crippen LogP contribution is 2.42. The van der Waals surface area contributed by atoms with Gasteiger partial charge in [0.1, 0.15) is 5.82 Å². The molecule has 194 valence electrons. The van der Waals surface area contributed by atoms with Crippen molar-refractivity contribution in [3.05, 3.63) is 41.6 Å². The van der Waals surface area contributed by atoms with Gasteiger partial charge in [-0.1, -0.05) is 6.42 Å². The molecule has 0 aliphatic heterocycles. The molecule has 0 atom stereocenters. The average molecular weight is 494 g/mol. The molecular formula is C27H39N7O2. The summed E-state index contributed by atoms with van der Waals surface area (Å²) in [6.07, 6.45) is 8.31. The Kier molecular flexibility index (Phi) is 8.74. The van der Waals surface area contributed by atoms with E-state index in [0.717, 1.165) is 49.4 Å². The Bertz CT molecular complexity index is 1030. The van der Waals surface area contributed by atoms with Gasteiger partial charge in [-0.15, -0.1) is 0 Å². The van der Waals surface area contributed by atoms with E-state index in [9.17, 15) is 9.59 Å². The first kappa shape index (κ1) is 25.9. The van der Waals surface area contributed by atoms with Crippen LogP contribution in [0, 0.1) is 5.92 Å². The summed E-state index contributed by atoms with van der Waals surface area (Å²) in [5, 5.41) is 9.75. The van der Waals surface area contributed by atoms with Gasteiger partial charge in [0.05, 0.1) is 0 Å². The first-order valence-electron chi connectivity index (χ1n) is 13.1. The molecule has 4 rings (SSSR count). The fourth-order valence-electron chi connectivity index (χ4n) is 4.10. The molecule has 0 radical (unpaired) electrons. The molecule has 36 heavy (non-hydrogen) atoms.